The summed E-state index contributed by atoms with van der Waals surface area (Å²) in [6, 6.07) is 13.3. The van der Waals surface area contributed by atoms with Crippen molar-refractivity contribution in [1.29, 1.82) is 0 Å². The van der Waals surface area contributed by atoms with Crippen LogP contribution < -0.4 is 5.32 Å². The molecule has 0 aromatic heterocycles. The normalized spacial score (nSPS) is 11.6. The molecule has 0 aliphatic heterocycles. The number of hydrogen-bond donors (Lipinski definition) is 2. The number of alkyl carbamates (subject to hydrolysis) is 1. The molecule has 0 fully saturated rings. The third-order valence-electron chi connectivity index (χ3n) is 3.26. The van der Waals surface area contributed by atoms with Gasteiger partial charge in [-0.1, -0.05) is 48.0 Å². The van der Waals surface area contributed by atoms with Crippen molar-refractivity contribution in [3.8, 4) is 0 Å². The van der Waals surface area contributed by atoms with Gasteiger partial charge in [0.25, 0.3) is 0 Å². The lowest BCUT2D eigenvalue weighted by Crippen LogP contribution is -2.27. The Labute approximate surface area is 138 Å². The molecule has 23 heavy (non-hydrogen) atoms. The van der Waals surface area contributed by atoms with Crippen LogP contribution in [0.4, 0.5) is 4.79 Å². The molecule has 2 aromatic carbocycles. The van der Waals surface area contributed by atoms with Gasteiger partial charge in [-0.05, 0) is 30.2 Å². The summed E-state index contributed by atoms with van der Waals surface area (Å²) in [4.78, 5) is 22.7. The lowest BCUT2D eigenvalue weighted by atomic mass is 10.1. The summed E-state index contributed by atoms with van der Waals surface area (Å²) in [7, 11) is 0. The second-order valence-corrected chi connectivity index (χ2v) is 5.38. The molecule has 0 saturated heterocycles. The minimum Gasteiger partial charge on any atom is -0.478 e. The summed E-state index contributed by atoms with van der Waals surface area (Å²) < 4.78 is 5.13. The molecule has 0 aliphatic rings. The number of carboxylic acids is 1. The van der Waals surface area contributed by atoms with E-state index in [4.69, 9.17) is 21.4 Å². The molecule has 0 spiro atoms. The third kappa shape index (κ3) is 4.72. The fourth-order valence-electron chi connectivity index (χ4n) is 2.03. The molecule has 1 amide bonds. The lowest BCUT2D eigenvalue weighted by molar-refractivity contribution is 0.0696. The van der Waals surface area contributed by atoms with Gasteiger partial charge in [-0.2, -0.15) is 0 Å². The predicted molar refractivity (Wildman–Crippen MR) is 86.6 cm³/mol. The van der Waals surface area contributed by atoms with E-state index < -0.39 is 18.1 Å². The average molecular weight is 334 g/mol. The SMILES string of the molecule is CC(NC(=O)OCc1ccccc1)c1ccc(C(=O)O)cc1Cl. The van der Waals surface area contributed by atoms with Gasteiger partial charge in [0, 0.05) is 5.02 Å². The van der Waals surface area contributed by atoms with Crippen LogP contribution in [0.15, 0.2) is 48.5 Å². The second kappa shape index (κ2) is 7.65. The summed E-state index contributed by atoms with van der Waals surface area (Å²) in [6.45, 7) is 1.91. The number of carboxylic acid groups (broad SMARTS) is 1. The van der Waals surface area contributed by atoms with Crippen LogP contribution >= 0.6 is 11.6 Å². The molecule has 5 nitrogen and oxygen atoms in total. The monoisotopic (exact) mass is 333 g/mol. The Balaban J connectivity index is 1.94. The van der Waals surface area contributed by atoms with E-state index in [-0.39, 0.29) is 17.2 Å². The van der Waals surface area contributed by atoms with E-state index in [2.05, 4.69) is 5.32 Å². The number of amides is 1. The van der Waals surface area contributed by atoms with Crippen LogP contribution in [0.3, 0.4) is 0 Å². The fourth-order valence-corrected chi connectivity index (χ4v) is 2.37. The Morgan fingerprint density at radius 2 is 1.91 bits per heavy atom. The van der Waals surface area contributed by atoms with E-state index in [0.29, 0.717) is 5.56 Å². The van der Waals surface area contributed by atoms with Gasteiger partial charge < -0.3 is 15.2 Å². The first-order valence-corrected chi connectivity index (χ1v) is 7.35. The quantitative estimate of drug-likeness (QED) is 0.866. The Kier molecular flexibility index (Phi) is 5.60. The second-order valence-electron chi connectivity index (χ2n) is 4.97. The minimum atomic E-state index is -1.05. The van der Waals surface area contributed by atoms with Crippen LogP contribution in [0.25, 0.3) is 0 Å². The highest BCUT2D eigenvalue weighted by Gasteiger charge is 2.15. The molecule has 1 unspecified atom stereocenters. The molecule has 6 heteroatoms. The van der Waals surface area contributed by atoms with Crippen LogP contribution in [0, 0.1) is 0 Å². The predicted octanol–water partition coefficient (Wildman–Crippen LogP) is 4.03. The van der Waals surface area contributed by atoms with Crippen molar-refractivity contribution in [1.82, 2.24) is 5.32 Å². The number of aromatic carboxylic acids is 1. The highest BCUT2D eigenvalue weighted by molar-refractivity contribution is 6.31. The van der Waals surface area contributed by atoms with E-state index >= 15 is 0 Å². The van der Waals surface area contributed by atoms with E-state index in [0.717, 1.165) is 5.56 Å². The molecule has 2 aromatic rings. The van der Waals surface area contributed by atoms with Crippen LogP contribution in [-0.4, -0.2) is 17.2 Å². The summed E-state index contributed by atoms with van der Waals surface area (Å²) in [5.41, 5.74) is 1.60. The maximum Gasteiger partial charge on any atom is 0.407 e. The molecule has 0 bridgehead atoms. The number of ether oxygens (including phenoxy) is 1. The van der Waals surface area contributed by atoms with Gasteiger partial charge >= 0.3 is 12.1 Å². The number of carbonyl (C=O) groups excluding carboxylic acids is 1. The van der Waals surface area contributed by atoms with Crippen LogP contribution in [0.1, 0.15) is 34.5 Å². The maximum atomic E-state index is 11.8. The Morgan fingerprint density at radius 1 is 1.22 bits per heavy atom. The summed E-state index contributed by atoms with van der Waals surface area (Å²) in [6.07, 6.45) is -0.570. The molecule has 2 N–H and O–H groups in total. The third-order valence-corrected chi connectivity index (χ3v) is 3.59. The van der Waals surface area contributed by atoms with Gasteiger partial charge in [0.1, 0.15) is 6.61 Å². The molecular formula is C17H16ClNO4. The van der Waals surface area contributed by atoms with Gasteiger partial charge in [-0.25, -0.2) is 9.59 Å². The highest BCUT2D eigenvalue weighted by atomic mass is 35.5. The lowest BCUT2D eigenvalue weighted by Gasteiger charge is -2.16. The number of halogens is 1. The van der Waals surface area contributed by atoms with Gasteiger partial charge in [0.15, 0.2) is 0 Å². The van der Waals surface area contributed by atoms with E-state index in [9.17, 15) is 9.59 Å². The van der Waals surface area contributed by atoms with Gasteiger partial charge in [0.05, 0.1) is 11.6 Å². The zero-order valence-corrected chi connectivity index (χ0v) is 13.2. The number of hydrogen-bond acceptors (Lipinski definition) is 3. The molecule has 0 aliphatic carbocycles. The molecule has 0 radical (unpaired) electrons. The van der Waals surface area contributed by atoms with Crippen molar-refractivity contribution in [2.24, 2.45) is 0 Å². The number of rotatable bonds is 5. The first-order valence-electron chi connectivity index (χ1n) is 6.97. The summed E-state index contributed by atoms with van der Waals surface area (Å²) in [5, 5.41) is 11.9. The van der Waals surface area contributed by atoms with Crippen molar-refractivity contribution in [2.75, 3.05) is 0 Å². The minimum absolute atomic E-state index is 0.0950. The van der Waals surface area contributed by atoms with Gasteiger partial charge in [0.2, 0.25) is 0 Å². The largest absolute Gasteiger partial charge is 0.478 e. The Morgan fingerprint density at radius 3 is 2.52 bits per heavy atom. The Hall–Kier alpha value is -2.53. The zero-order chi connectivity index (χ0) is 16.8. The van der Waals surface area contributed by atoms with Gasteiger partial charge in [-0.15, -0.1) is 0 Å². The smallest absolute Gasteiger partial charge is 0.407 e. The highest BCUT2D eigenvalue weighted by Crippen LogP contribution is 2.24. The van der Waals surface area contributed by atoms with Gasteiger partial charge in [-0.3, -0.25) is 0 Å². The van der Waals surface area contributed by atoms with Crippen LogP contribution in [0.5, 0.6) is 0 Å². The molecule has 120 valence electrons. The molecule has 1 atom stereocenters. The maximum absolute atomic E-state index is 11.8. The average Bonchev–Trinajstić information content (AvgIpc) is 2.53. The van der Waals surface area contributed by atoms with Crippen molar-refractivity contribution in [3.05, 3.63) is 70.2 Å². The standard InChI is InChI=1S/C17H16ClNO4/c1-11(14-8-7-13(16(20)21)9-15(14)18)19-17(22)23-10-12-5-3-2-4-6-12/h2-9,11H,10H2,1H3,(H,19,22)(H,20,21). The van der Waals surface area contributed by atoms with Crippen molar-refractivity contribution in [3.63, 3.8) is 0 Å². The number of nitrogens with one attached hydrogen (secondary N) is 1. The van der Waals surface area contributed by atoms with E-state index in [1.165, 1.54) is 12.1 Å². The summed E-state index contributed by atoms with van der Waals surface area (Å²) >= 11 is 6.07. The summed E-state index contributed by atoms with van der Waals surface area (Å²) in [5.74, 6) is -1.05. The number of carbonyl (C=O) groups is 2. The first kappa shape index (κ1) is 16.8. The molecule has 2 rings (SSSR count). The Bertz CT molecular complexity index is 703. The van der Waals surface area contributed by atoms with E-state index in [1.807, 2.05) is 30.3 Å². The molecule has 0 saturated carbocycles. The number of benzene rings is 2. The molecule has 0 heterocycles. The zero-order valence-electron chi connectivity index (χ0n) is 12.5. The van der Waals surface area contributed by atoms with Crippen molar-refractivity contribution < 1.29 is 19.4 Å². The topological polar surface area (TPSA) is 75.6 Å². The van der Waals surface area contributed by atoms with Crippen molar-refractivity contribution >= 4 is 23.7 Å². The molecular weight excluding hydrogens is 318 g/mol. The van der Waals surface area contributed by atoms with Crippen LogP contribution in [-0.2, 0) is 11.3 Å². The van der Waals surface area contributed by atoms with Crippen LogP contribution in [0.2, 0.25) is 5.02 Å². The van der Waals surface area contributed by atoms with E-state index in [1.54, 1.807) is 13.0 Å². The first-order chi connectivity index (χ1) is 11.0. The van der Waals surface area contributed by atoms with Crippen molar-refractivity contribution in [2.45, 2.75) is 19.6 Å². The fraction of sp³-hybridized carbons (Fsp3) is 0.176.